The largest absolute Gasteiger partial charge is 0.490 e. The molecule has 0 spiro atoms. The second-order valence-electron chi connectivity index (χ2n) is 8.83. The molecule has 0 amide bonds. The molecule has 1 N–H and O–H groups in total. The number of unbranched alkanes of at least 4 members (excludes halogenated alkanes) is 1. The Balaban J connectivity index is 1.75. The van der Waals surface area contributed by atoms with Gasteiger partial charge in [0.15, 0.2) is 11.5 Å². The van der Waals surface area contributed by atoms with Crippen LogP contribution in [0.2, 0.25) is 5.02 Å². The lowest BCUT2D eigenvalue weighted by Gasteiger charge is -2.29. The standard InChI is InChI=1S/C28H32BrClN4O4S/c1-5-8-13-37-26(35)23-17(4)31-27-32-28(39-7-3)33-34(27)24(23)19-14-21(29)25(22(15-19)36-6-2)38-16-18-9-11-20(30)12-10-18/h9-12,14-15,24H,5-8,13,16H2,1-4H3,(H,31,32,33). The van der Waals surface area contributed by atoms with Gasteiger partial charge in [0.2, 0.25) is 11.1 Å². The van der Waals surface area contributed by atoms with E-state index in [1.807, 2.05) is 57.2 Å². The van der Waals surface area contributed by atoms with Gasteiger partial charge in [-0.25, -0.2) is 9.48 Å². The summed E-state index contributed by atoms with van der Waals surface area (Å²) in [6, 6.07) is 10.7. The molecule has 0 fully saturated rings. The van der Waals surface area contributed by atoms with E-state index in [2.05, 4.69) is 33.2 Å². The Hall–Kier alpha value is -2.69. The van der Waals surface area contributed by atoms with Crippen LogP contribution >= 0.6 is 39.3 Å². The molecule has 1 unspecified atom stereocenters. The van der Waals surface area contributed by atoms with Crippen LogP contribution in [0.4, 0.5) is 5.95 Å². The molecular weight excluding hydrogens is 604 g/mol. The number of allylic oxidation sites excluding steroid dienone is 1. The number of carbonyl (C=O) groups excluding carboxylic acids is 1. The van der Waals surface area contributed by atoms with Crippen molar-refractivity contribution in [1.82, 2.24) is 14.8 Å². The van der Waals surface area contributed by atoms with Crippen molar-refractivity contribution in [2.45, 2.75) is 58.3 Å². The van der Waals surface area contributed by atoms with Gasteiger partial charge in [-0.1, -0.05) is 55.8 Å². The molecule has 0 radical (unpaired) electrons. The van der Waals surface area contributed by atoms with E-state index >= 15 is 0 Å². The Morgan fingerprint density at radius 3 is 2.64 bits per heavy atom. The third-order valence-electron chi connectivity index (χ3n) is 6.00. The summed E-state index contributed by atoms with van der Waals surface area (Å²) in [5.74, 6) is 2.12. The Morgan fingerprint density at radius 2 is 1.95 bits per heavy atom. The molecule has 1 atom stereocenters. The van der Waals surface area contributed by atoms with Crippen molar-refractivity contribution in [3.63, 3.8) is 0 Å². The molecule has 2 aromatic carbocycles. The minimum absolute atomic E-state index is 0.335. The van der Waals surface area contributed by atoms with Crippen molar-refractivity contribution < 1.29 is 19.0 Å². The highest BCUT2D eigenvalue weighted by atomic mass is 79.9. The van der Waals surface area contributed by atoms with Crippen molar-refractivity contribution >= 4 is 51.2 Å². The van der Waals surface area contributed by atoms with E-state index in [9.17, 15) is 4.79 Å². The van der Waals surface area contributed by atoms with Crippen LogP contribution in [0.3, 0.4) is 0 Å². The number of esters is 1. The molecule has 0 bridgehead atoms. The molecule has 0 saturated heterocycles. The van der Waals surface area contributed by atoms with Crippen LogP contribution < -0.4 is 14.8 Å². The average molecular weight is 636 g/mol. The summed E-state index contributed by atoms with van der Waals surface area (Å²) in [4.78, 5) is 18.0. The average Bonchev–Trinajstić information content (AvgIpc) is 3.30. The van der Waals surface area contributed by atoms with Crippen molar-refractivity contribution in [1.29, 1.82) is 0 Å². The topological polar surface area (TPSA) is 87.5 Å². The Bertz CT molecular complexity index is 1350. The highest BCUT2D eigenvalue weighted by Crippen LogP contribution is 2.43. The lowest BCUT2D eigenvalue weighted by atomic mass is 9.95. The molecule has 1 aromatic heterocycles. The van der Waals surface area contributed by atoms with E-state index < -0.39 is 6.04 Å². The fourth-order valence-corrected chi connectivity index (χ4v) is 5.42. The highest BCUT2D eigenvalue weighted by molar-refractivity contribution is 9.10. The lowest BCUT2D eigenvalue weighted by Crippen LogP contribution is -2.30. The molecule has 208 valence electrons. The first kappa shape index (κ1) is 29.3. The number of benzene rings is 2. The number of rotatable bonds is 12. The van der Waals surface area contributed by atoms with E-state index in [0.29, 0.717) is 63.2 Å². The minimum Gasteiger partial charge on any atom is -0.490 e. The maximum absolute atomic E-state index is 13.4. The number of nitrogens with zero attached hydrogens (tertiary/aromatic N) is 3. The van der Waals surface area contributed by atoms with Crippen molar-refractivity contribution in [2.24, 2.45) is 0 Å². The predicted octanol–water partition coefficient (Wildman–Crippen LogP) is 7.42. The second-order valence-corrected chi connectivity index (χ2v) is 11.4. The van der Waals surface area contributed by atoms with E-state index in [-0.39, 0.29) is 5.97 Å². The number of hydrogen-bond donors (Lipinski definition) is 1. The zero-order valence-electron chi connectivity index (χ0n) is 22.4. The molecule has 39 heavy (non-hydrogen) atoms. The SMILES string of the molecule is CCCCOC(=O)C1=C(C)Nc2nc(SCC)nn2C1c1cc(Br)c(OCc2ccc(Cl)cc2)c(OCC)c1. The summed E-state index contributed by atoms with van der Waals surface area (Å²) in [5.41, 5.74) is 2.90. The number of fused-ring (bicyclic) bond motifs is 1. The first-order valence-electron chi connectivity index (χ1n) is 12.9. The Morgan fingerprint density at radius 1 is 1.18 bits per heavy atom. The van der Waals surface area contributed by atoms with Gasteiger partial charge in [0.1, 0.15) is 12.6 Å². The van der Waals surface area contributed by atoms with Crippen LogP contribution in [0, 0.1) is 0 Å². The molecule has 2 heterocycles. The quantitative estimate of drug-likeness (QED) is 0.125. The monoisotopic (exact) mass is 634 g/mol. The van der Waals surface area contributed by atoms with Gasteiger partial charge < -0.3 is 19.5 Å². The summed E-state index contributed by atoms with van der Waals surface area (Å²) >= 11 is 11.2. The number of nitrogens with one attached hydrogen (secondary N) is 1. The number of aromatic nitrogens is 3. The normalized spacial score (nSPS) is 14.6. The highest BCUT2D eigenvalue weighted by Gasteiger charge is 2.36. The molecule has 0 aliphatic carbocycles. The molecular formula is C28H32BrClN4O4S. The number of thioether (sulfide) groups is 1. The number of ether oxygens (including phenoxy) is 3. The Labute approximate surface area is 246 Å². The van der Waals surface area contributed by atoms with Gasteiger partial charge >= 0.3 is 5.97 Å². The summed E-state index contributed by atoms with van der Waals surface area (Å²) in [6.45, 7) is 9.00. The van der Waals surface area contributed by atoms with Gasteiger partial charge in [-0.3, -0.25) is 0 Å². The third kappa shape index (κ3) is 6.91. The van der Waals surface area contributed by atoms with E-state index in [1.165, 1.54) is 11.8 Å². The predicted molar refractivity (Wildman–Crippen MR) is 158 cm³/mol. The van der Waals surface area contributed by atoms with Crippen LogP contribution in [0.15, 0.2) is 57.3 Å². The minimum atomic E-state index is -0.574. The maximum atomic E-state index is 13.4. The summed E-state index contributed by atoms with van der Waals surface area (Å²) in [7, 11) is 0. The number of halogens is 2. The van der Waals surface area contributed by atoms with E-state index in [4.69, 9.17) is 30.9 Å². The van der Waals surface area contributed by atoms with Gasteiger partial charge in [-0.05, 0) is 77.3 Å². The summed E-state index contributed by atoms with van der Waals surface area (Å²) in [6.07, 6.45) is 1.72. The van der Waals surface area contributed by atoms with E-state index in [0.717, 1.165) is 29.7 Å². The van der Waals surface area contributed by atoms with Gasteiger partial charge in [0.05, 0.1) is 23.3 Å². The molecule has 1 aliphatic rings. The van der Waals surface area contributed by atoms with Crippen LogP contribution in [0.5, 0.6) is 11.5 Å². The molecule has 3 aromatic rings. The first-order valence-corrected chi connectivity index (χ1v) is 15.1. The number of carbonyl (C=O) groups is 1. The fourth-order valence-electron chi connectivity index (χ4n) is 4.17. The number of hydrogen-bond acceptors (Lipinski definition) is 8. The second kappa shape index (κ2) is 13.6. The third-order valence-corrected chi connectivity index (χ3v) is 7.56. The smallest absolute Gasteiger partial charge is 0.338 e. The van der Waals surface area contributed by atoms with Crippen LogP contribution in [-0.4, -0.2) is 39.7 Å². The van der Waals surface area contributed by atoms with Gasteiger partial charge in [-0.15, -0.1) is 5.10 Å². The summed E-state index contributed by atoms with van der Waals surface area (Å²) in [5, 5.41) is 9.28. The van der Waals surface area contributed by atoms with Crippen molar-refractivity contribution in [3.05, 3.63) is 68.3 Å². The van der Waals surface area contributed by atoms with E-state index in [1.54, 1.807) is 4.68 Å². The van der Waals surface area contributed by atoms with Crippen molar-refractivity contribution in [3.8, 4) is 11.5 Å². The molecule has 8 nitrogen and oxygen atoms in total. The van der Waals surface area contributed by atoms with Gasteiger partial charge in [0.25, 0.3) is 0 Å². The fraction of sp³-hybridized carbons (Fsp3) is 0.393. The summed E-state index contributed by atoms with van der Waals surface area (Å²) < 4.78 is 20.3. The number of anilines is 1. The van der Waals surface area contributed by atoms with Gasteiger partial charge in [-0.2, -0.15) is 4.98 Å². The molecule has 0 saturated carbocycles. The maximum Gasteiger partial charge on any atom is 0.338 e. The van der Waals surface area contributed by atoms with Gasteiger partial charge in [0, 0.05) is 10.7 Å². The van der Waals surface area contributed by atoms with Crippen LogP contribution in [0.25, 0.3) is 0 Å². The zero-order chi connectivity index (χ0) is 27.9. The van der Waals surface area contributed by atoms with Crippen LogP contribution in [-0.2, 0) is 16.1 Å². The zero-order valence-corrected chi connectivity index (χ0v) is 25.6. The molecule has 1 aliphatic heterocycles. The lowest BCUT2D eigenvalue weighted by molar-refractivity contribution is -0.139. The first-order chi connectivity index (χ1) is 18.9. The van der Waals surface area contributed by atoms with Crippen LogP contribution in [0.1, 0.15) is 57.7 Å². The molecule has 4 rings (SSSR count). The Kier molecular flexibility index (Phi) is 10.2. The van der Waals surface area contributed by atoms with Crippen molar-refractivity contribution in [2.75, 3.05) is 24.3 Å². The molecule has 11 heteroatoms.